The van der Waals surface area contributed by atoms with Crippen molar-refractivity contribution in [2.45, 2.75) is 77.0 Å². The minimum Gasteiger partial charge on any atom is -0.493 e. The lowest BCUT2D eigenvalue weighted by atomic mass is 9.92. The SMILES string of the molecule is Cl.Cl.O=C(CCc1ccc2nc(-c3ccccc3)c3c(c2c1)OCCC3)NCCCCCCNc1c2c(nc3cc(Cl)ccc13)CCCC2. The number of anilines is 1. The van der Waals surface area contributed by atoms with Crippen molar-refractivity contribution < 1.29 is 9.53 Å². The van der Waals surface area contributed by atoms with Crippen LogP contribution >= 0.6 is 36.4 Å². The summed E-state index contributed by atoms with van der Waals surface area (Å²) in [4.78, 5) is 22.7. The molecular formula is C40H45Cl3N4O2. The summed E-state index contributed by atoms with van der Waals surface area (Å²) in [6.45, 7) is 2.38. The molecule has 1 aliphatic heterocycles. The van der Waals surface area contributed by atoms with Crippen molar-refractivity contribution in [3.63, 3.8) is 0 Å². The molecule has 0 unspecified atom stereocenters. The molecule has 0 radical (unpaired) electrons. The zero-order valence-electron chi connectivity index (χ0n) is 27.9. The highest BCUT2D eigenvalue weighted by atomic mass is 35.5. The minimum absolute atomic E-state index is 0. The summed E-state index contributed by atoms with van der Waals surface area (Å²) in [6, 6.07) is 22.7. The first kappa shape index (κ1) is 36.7. The van der Waals surface area contributed by atoms with Crippen LogP contribution < -0.4 is 15.4 Å². The molecule has 5 aromatic rings. The van der Waals surface area contributed by atoms with Gasteiger partial charge in [0.25, 0.3) is 0 Å². The number of carbonyl (C=O) groups excluding carboxylic acids is 1. The third-order valence-corrected chi connectivity index (χ3v) is 9.79. The van der Waals surface area contributed by atoms with Gasteiger partial charge in [-0.1, -0.05) is 60.8 Å². The van der Waals surface area contributed by atoms with E-state index in [0.29, 0.717) is 12.8 Å². The van der Waals surface area contributed by atoms with E-state index in [1.54, 1.807) is 0 Å². The Morgan fingerprint density at radius 2 is 1.57 bits per heavy atom. The molecule has 258 valence electrons. The van der Waals surface area contributed by atoms with Crippen molar-refractivity contribution in [3.8, 4) is 17.0 Å². The Labute approximate surface area is 306 Å². The van der Waals surface area contributed by atoms with Crippen LogP contribution in [0.25, 0.3) is 33.1 Å². The third kappa shape index (κ3) is 8.60. The van der Waals surface area contributed by atoms with Gasteiger partial charge in [-0.2, -0.15) is 0 Å². The quantitative estimate of drug-likeness (QED) is 0.126. The molecule has 0 fully saturated rings. The topological polar surface area (TPSA) is 76.1 Å². The number of aromatic nitrogens is 2. The van der Waals surface area contributed by atoms with Gasteiger partial charge < -0.3 is 15.4 Å². The van der Waals surface area contributed by atoms with Crippen LogP contribution in [0.3, 0.4) is 0 Å². The molecule has 2 aliphatic rings. The van der Waals surface area contributed by atoms with E-state index in [2.05, 4.69) is 59.2 Å². The zero-order valence-corrected chi connectivity index (χ0v) is 30.3. The lowest BCUT2D eigenvalue weighted by Crippen LogP contribution is -2.24. The summed E-state index contributed by atoms with van der Waals surface area (Å²) in [5.41, 5.74) is 10.3. The number of amides is 1. The normalized spacial score (nSPS) is 13.4. The Bertz CT molecular complexity index is 1900. The number of unbranched alkanes of at least 4 members (excludes halogenated alkanes) is 3. The number of benzene rings is 3. The third-order valence-electron chi connectivity index (χ3n) is 9.56. The average molecular weight is 720 g/mol. The Morgan fingerprint density at radius 1 is 0.776 bits per heavy atom. The van der Waals surface area contributed by atoms with Crippen molar-refractivity contribution >= 4 is 69.8 Å². The monoisotopic (exact) mass is 718 g/mol. The van der Waals surface area contributed by atoms with Crippen LogP contribution in [-0.2, 0) is 30.5 Å². The molecular weight excluding hydrogens is 675 g/mol. The van der Waals surface area contributed by atoms with Crippen LogP contribution in [0, 0.1) is 0 Å². The standard InChI is InChI=1S/C40H43ClN4O2.2ClH/c41-29-18-19-31-36(26-29)44-34-15-7-6-13-30(34)39(31)43-23-9-2-1-8-22-42-37(46)21-17-27-16-20-35-33(25-27)40-32(14-10-24-47-40)38(45-35)28-11-4-3-5-12-28;;/h3-5,11-12,16,18-20,25-26H,1-2,6-10,13-15,17,21-24H2,(H,42,46)(H,43,44);2*1H. The molecule has 0 spiro atoms. The van der Waals surface area contributed by atoms with Crippen molar-refractivity contribution in [1.82, 2.24) is 15.3 Å². The molecule has 7 rings (SSSR count). The minimum atomic E-state index is 0. The summed E-state index contributed by atoms with van der Waals surface area (Å²) < 4.78 is 6.22. The van der Waals surface area contributed by atoms with E-state index in [1.165, 1.54) is 40.7 Å². The summed E-state index contributed by atoms with van der Waals surface area (Å²) >= 11 is 6.27. The van der Waals surface area contributed by atoms with Gasteiger partial charge in [0.15, 0.2) is 0 Å². The fourth-order valence-electron chi connectivity index (χ4n) is 7.12. The first-order chi connectivity index (χ1) is 23.1. The molecule has 0 bridgehead atoms. The van der Waals surface area contributed by atoms with Crippen molar-refractivity contribution in [2.75, 3.05) is 25.0 Å². The highest BCUT2D eigenvalue weighted by Gasteiger charge is 2.21. The molecule has 0 saturated heterocycles. The molecule has 2 N–H and O–H groups in total. The highest BCUT2D eigenvalue weighted by molar-refractivity contribution is 6.31. The predicted molar refractivity (Wildman–Crippen MR) is 207 cm³/mol. The lowest BCUT2D eigenvalue weighted by Gasteiger charge is -2.22. The molecule has 49 heavy (non-hydrogen) atoms. The average Bonchev–Trinajstić information content (AvgIpc) is 3.11. The molecule has 0 saturated carbocycles. The molecule has 9 heteroatoms. The van der Waals surface area contributed by atoms with Crippen LogP contribution in [0.1, 0.15) is 73.8 Å². The lowest BCUT2D eigenvalue weighted by molar-refractivity contribution is -0.121. The number of rotatable bonds is 12. The number of nitrogens with zero attached hydrogens (tertiary/aromatic N) is 2. The van der Waals surface area contributed by atoms with Crippen molar-refractivity contribution in [2.24, 2.45) is 0 Å². The maximum atomic E-state index is 12.7. The van der Waals surface area contributed by atoms with Crippen molar-refractivity contribution in [3.05, 3.63) is 94.1 Å². The molecule has 3 aromatic carbocycles. The van der Waals surface area contributed by atoms with Gasteiger partial charge in [0.1, 0.15) is 5.75 Å². The van der Waals surface area contributed by atoms with Crippen LogP contribution in [0.2, 0.25) is 5.02 Å². The van der Waals surface area contributed by atoms with Gasteiger partial charge in [-0.25, -0.2) is 4.98 Å². The Balaban J connectivity index is 0.00000234. The predicted octanol–water partition coefficient (Wildman–Crippen LogP) is 9.87. The van der Waals surface area contributed by atoms with Gasteiger partial charge in [-0.05, 0) is 99.2 Å². The number of pyridine rings is 2. The van der Waals surface area contributed by atoms with E-state index in [-0.39, 0.29) is 30.7 Å². The number of ether oxygens (including phenoxy) is 1. The number of aryl methyl sites for hydroxylation is 2. The maximum absolute atomic E-state index is 12.7. The summed E-state index contributed by atoms with van der Waals surface area (Å²) in [6.07, 6.45) is 12.0. The highest BCUT2D eigenvalue weighted by Crippen LogP contribution is 2.39. The van der Waals surface area contributed by atoms with Gasteiger partial charge in [-0.15, -0.1) is 24.8 Å². The number of nitrogens with one attached hydrogen (secondary N) is 2. The second-order valence-corrected chi connectivity index (χ2v) is 13.3. The van der Waals surface area contributed by atoms with E-state index >= 15 is 0 Å². The number of fused-ring (bicyclic) bond motifs is 5. The Kier molecular flexibility index (Phi) is 13.0. The second-order valence-electron chi connectivity index (χ2n) is 12.9. The van der Waals surface area contributed by atoms with Crippen LogP contribution in [0.4, 0.5) is 5.69 Å². The Hall–Kier alpha value is -3.58. The summed E-state index contributed by atoms with van der Waals surface area (Å²) in [7, 11) is 0. The molecule has 3 heterocycles. The fraction of sp³-hybridized carbons (Fsp3) is 0.375. The second kappa shape index (κ2) is 17.4. The van der Waals surface area contributed by atoms with E-state index in [1.807, 2.05) is 18.2 Å². The van der Waals surface area contributed by atoms with Crippen LogP contribution in [0.5, 0.6) is 5.75 Å². The van der Waals surface area contributed by atoms with Crippen LogP contribution in [0.15, 0.2) is 66.7 Å². The fourth-order valence-corrected chi connectivity index (χ4v) is 7.29. The number of carbonyl (C=O) groups is 1. The van der Waals surface area contributed by atoms with E-state index < -0.39 is 0 Å². The van der Waals surface area contributed by atoms with Gasteiger partial charge in [0.2, 0.25) is 5.91 Å². The van der Waals surface area contributed by atoms with Gasteiger partial charge in [0, 0.05) is 57.8 Å². The Morgan fingerprint density at radius 3 is 2.43 bits per heavy atom. The number of halogens is 3. The van der Waals surface area contributed by atoms with Gasteiger partial charge in [-0.3, -0.25) is 9.78 Å². The van der Waals surface area contributed by atoms with Gasteiger partial charge in [0.05, 0.1) is 23.3 Å². The molecule has 1 amide bonds. The van der Waals surface area contributed by atoms with E-state index in [9.17, 15) is 4.79 Å². The number of hydrogen-bond acceptors (Lipinski definition) is 5. The summed E-state index contributed by atoms with van der Waals surface area (Å²) in [5, 5.41) is 9.83. The summed E-state index contributed by atoms with van der Waals surface area (Å²) in [5.74, 6) is 1.07. The first-order valence-corrected chi connectivity index (χ1v) is 17.8. The molecule has 1 aliphatic carbocycles. The maximum Gasteiger partial charge on any atom is 0.220 e. The van der Waals surface area contributed by atoms with Crippen molar-refractivity contribution in [1.29, 1.82) is 0 Å². The first-order valence-electron chi connectivity index (χ1n) is 17.4. The van der Waals surface area contributed by atoms with Crippen LogP contribution in [-0.4, -0.2) is 35.6 Å². The van der Waals surface area contributed by atoms with E-state index in [0.717, 1.165) is 115 Å². The molecule has 6 nitrogen and oxygen atoms in total. The number of hydrogen-bond donors (Lipinski definition) is 2. The van der Waals surface area contributed by atoms with E-state index in [4.69, 9.17) is 26.3 Å². The van der Waals surface area contributed by atoms with Gasteiger partial charge >= 0.3 is 0 Å². The largest absolute Gasteiger partial charge is 0.493 e. The molecule has 2 aromatic heterocycles. The zero-order chi connectivity index (χ0) is 32.0. The molecule has 0 atom stereocenters. The smallest absolute Gasteiger partial charge is 0.220 e.